The van der Waals surface area contributed by atoms with Crippen LogP contribution in [0.4, 0.5) is 11.4 Å². The normalized spacial score (nSPS) is 17.4. The predicted molar refractivity (Wildman–Crippen MR) is 106 cm³/mol. The second kappa shape index (κ2) is 6.55. The van der Waals surface area contributed by atoms with Crippen molar-refractivity contribution in [2.45, 2.75) is 46.1 Å². The summed E-state index contributed by atoms with van der Waals surface area (Å²) in [6, 6.07) is 16.6. The van der Waals surface area contributed by atoms with Crippen molar-refractivity contribution in [1.29, 1.82) is 0 Å². The van der Waals surface area contributed by atoms with Crippen molar-refractivity contribution in [2.75, 3.05) is 22.9 Å². The maximum absolute atomic E-state index is 13.2. The van der Waals surface area contributed by atoms with Gasteiger partial charge in [-0.1, -0.05) is 45.0 Å². The number of amides is 1. The predicted octanol–water partition coefficient (Wildman–Crippen LogP) is 4.86. The first-order valence-electron chi connectivity index (χ1n) is 9.11. The van der Waals surface area contributed by atoms with E-state index in [-0.39, 0.29) is 11.3 Å². The summed E-state index contributed by atoms with van der Waals surface area (Å²) in [5.74, 6) is 0.0792. The van der Waals surface area contributed by atoms with Gasteiger partial charge >= 0.3 is 0 Å². The van der Waals surface area contributed by atoms with Crippen LogP contribution in [0, 0.1) is 0 Å². The fourth-order valence-electron chi connectivity index (χ4n) is 3.58. The highest BCUT2D eigenvalue weighted by atomic mass is 16.2. The molecule has 25 heavy (non-hydrogen) atoms. The Hall–Kier alpha value is -2.29. The number of carbonyl (C=O) groups excluding carboxylic acids is 1. The van der Waals surface area contributed by atoms with Crippen LogP contribution in [0.5, 0.6) is 0 Å². The van der Waals surface area contributed by atoms with E-state index in [9.17, 15) is 4.79 Å². The SMILES string of the molecule is CCN1c2ccccc2N(C(=O)c2ccc(C(C)(C)C)cc2)CC1C. The van der Waals surface area contributed by atoms with Gasteiger partial charge in [-0.3, -0.25) is 4.79 Å². The van der Waals surface area contributed by atoms with Crippen LogP contribution in [-0.4, -0.2) is 25.0 Å². The first-order chi connectivity index (χ1) is 11.8. The summed E-state index contributed by atoms with van der Waals surface area (Å²) in [4.78, 5) is 17.5. The number of para-hydroxylation sites is 2. The average Bonchev–Trinajstić information content (AvgIpc) is 2.60. The molecule has 132 valence electrons. The summed E-state index contributed by atoms with van der Waals surface area (Å²) in [6.07, 6.45) is 0. The lowest BCUT2D eigenvalue weighted by Crippen LogP contribution is -2.49. The summed E-state index contributed by atoms with van der Waals surface area (Å²) >= 11 is 0. The Kier molecular flexibility index (Phi) is 4.59. The third kappa shape index (κ3) is 3.28. The third-order valence-electron chi connectivity index (χ3n) is 5.04. The molecule has 2 aromatic rings. The average molecular weight is 336 g/mol. The van der Waals surface area contributed by atoms with Gasteiger partial charge in [0.25, 0.3) is 5.91 Å². The van der Waals surface area contributed by atoms with Crippen molar-refractivity contribution in [3.05, 3.63) is 59.7 Å². The van der Waals surface area contributed by atoms with Crippen molar-refractivity contribution in [1.82, 2.24) is 0 Å². The summed E-state index contributed by atoms with van der Waals surface area (Å²) in [5.41, 5.74) is 4.24. The van der Waals surface area contributed by atoms with Gasteiger partial charge in [0.15, 0.2) is 0 Å². The number of fused-ring (bicyclic) bond motifs is 1. The van der Waals surface area contributed by atoms with Crippen molar-refractivity contribution < 1.29 is 4.79 Å². The molecule has 0 N–H and O–H groups in total. The summed E-state index contributed by atoms with van der Waals surface area (Å²) in [7, 11) is 0. The second-order valence-electron chi connectivity index (χ2n) is 7.87. The Morgan fingerprint density at radius 1 is 1.04 bits per heavy atom. The molecule has 0 bridgehead atoms. The minimum absolute atomic E-state index is 0.0792. The van der Waals surface area contributed by atoms with E-state index in [0.717, 1.165) is 23.5 Å². The van der Waals surface area contributed by atoms with Crippen LogP contribution in [0.15, 0.2) is 48.5 Å². The Balaban J connectivity index is 1.95. The molecule has 0 saturated carbocycles. The van der Waals surface area contributed by atoms with Crippen LogP contribution in [0.1, 0.15) is 50.5 Å². The second-order valence-corrected chi connectivity index (χ2v) is 7.87. The van der Waals surface area contributed by atoms with Crippen LogP contribution in [0.25, 0.3) is 0 Å². The lowest BCUT2D eigenvalue weighted by molar-refractivity contribution is 0.0984. The molecule has 2 aromatic carbocycles. The fourth-order valence-corrected chi connectivity index (χ4v) is 3.58. The maximum atomic E-state index is 13.2. The molecule has 1 aliphatic rings. The molecule has 1 heterocycles. The standard InChI is InChI=1S/C22H28N2O/c1-6-23-16(2)15-24(20-10-8-7-9-19(20)23)21(25)17-11-13-18(14-12-17)22(3,4)5/h7-14,16H,6,15H2,1-5H3. The molecule has 3 rings (SSSR count). The maximum Gasteiger partial charge on any atom is 0.258 e. The van der Waals surface area contributed by atoms with Crippen molar-refractivity contribution in [3.63, 3.8) is 0 Å². The molecule has 0 fully saturated rings. The van der Waals surface area contributed by atoms with Gasteiger partial charge in [0.05, 0.1) is 11.4 Å². The van der Waals surface area contributed by atoms with Crippen molar-refractivity contribution in [2.24, 2.45) is 0 Å². The minimum Gasteiger partial charge on any atom is -0.366 e. The highest BCUT2D eigenvalue weighted by Gasteiger charge is 2.31. The van der Waals surface area contributed by atoms with E-state index in [4.69, 9.17) is 0 Å². The third-order valence-corrected chi connectivity index (χ3v) is 5.04. The Morgan fingerprint density at radius 3 is 2.20 bits per heavy atom. The van der Waals surface area contributed by atoms with E-state index in [1.54, 1.807) is 0 Å². The monoisotopic (exact) mass is 336 g/mol. The molecule has 0 saturated heterocycles. The molecule has 1 atom stereocenters. The number of rotatable bonds is 2. The first kappa shape index (κ1) is 17.5. The van der Waals surface area contributed by atoms with E-state index in [0.29, 0.717) is 12.6 Å². The molecule has 0 aliphatic carbocycles. The molecule has 0 aromatic heterocycles. The van der Waals surface area contributed by atoms with Crippen LogP contribution in [-0.2, 0) is 5.41 Å². The topological polar surface area (TPSA) is 23.6 Å². The largest absolute Gasteiger partial charge is 0.366 e. The van der Waals surface area contributed by atoms with Crippen LogP contribution in [0.3, 0.4) is 0 Å². The number of hydrogen-bond acceptors (Lipinski definition) is 2. The van der Waals surface area contributed by atoms with Gasteiger partial charge in [0.1, 0.15) is 0 Å². The Labute approximate surface area is 151 Å². The molecule has 0 spiro atoms. The van der Waals surface area contributed by atoms with E-state index in [2.05, 4.69) is 57.7 Å². The quantitative estimate of drug-likeness (QED) is 0.782. The van der Waals surface area contributed by atoms with E-state index < -0.39 is 0 Å². The minimum atomic E-state index is 0.0792. The Morgan fingerprint density at radius 2 is 1.64 bits per heavy atom. The molecule has 1 aliphatic heterocycles. The van der Waals surface area contributed by atoms with E-state index in [1.165, 1.54) is 5.56 Å². The highest BCUT2D eigenvalue weighted by Crippen LogP contribution is 2.36. The fraction of sp³-hybridized carbons (Fsp3) is 0.409. The summed E-state index contributed by atoms with van der Waals surface area (Å²) < 4.78 is 0. The number of anilines is 2. The lowest BCUT2D eigenvalue weighted by atomic mass is 9.86. The summed E-state index contributed by atoms with van der Waals surface area (Å²) in [6.45, 7) is 12.6. The zero-order valence-corrected chi connectivity index (χ0v) is 15.9. The molecule has 0 radical (unpaired) electrons. The molecular formula is C22H28N2O. The lowest BCUT2D eigenvalue weighted by Gasteiger charge is -2.42. The van der Waals surface area contributed by atoms with Crippen molar-refractivity contribution >= 4 is 17.3 Å². The molecular weight excluding hydrogens is 308 g/mol. The van der Waals surface area contributed by atoms with Gasteiger partial charge in [-0.05, 0) is 49.1 Å². The highest BCUT2D eigenvalue weighted by molar-refractivity contribution is 6.08. The molecule has 3 nitrogen and oxygen atoms in total. The van der Waals surface area contributed by atoms with Gasteiger partial charge in [0.2, 0.25) is 0 Å². The molecule has 1 amide bonds. The molecule has 1 unspecified atom stereocenters. The van der Waals surface area contributed by atoms with Crippen LogP contribution < -0.4 is 9.80 Å². The summed E-state index contributed by atoms with van der Waals surface area (Å²) in [5, 5.41) is 0. The van der Waals surface area contributed by atoms with Gasteiger partial charge in [-0.15, -0.1) is 0 Å². The number of benzene rings is 2. The van der Waals surface area contributed by atoms with Gasteiger partial charge in [-0.2, -0.15) is 0 Å². The van der Waals surface area contributed by atoms with Gasteiger partial charge in [0, 0.05) is 24.7 Å². The van der Waals surface area contributed by atoms with Crippen LogP contribution >= 0.6 is 0 Å². The molecule has 3 heteroatoms. The number of hydrogen-bond donors (Lipinski definition) is 0. The number of carbonyl (C=O) groups is 1. The van der Waals surface area contributed by atoms with Gasteiger partial charge < -0.3 is 9.80 Å². The van der Waals surface area contributed by atoms with Gasteiger partial charge in [-0.25, -0.2) is 0 Å². The van der Waals surface area contributed by atoms with Crippen LogP contribution in [0.2, 0.25) is 0 Å². The Bertz CT molecular complexity index is 758. The number of nitrogens with zero attached hydrogens (tertiary/aromatic N) is 2. The zero-order valence-electron chi connectivity index (χ0n) is 15.9. The first-order valence-corrected chi connectivity index (χ1v) is 9.11. The number of likely N-dealkylation sites (N-methyl/N-ethyl adjacent to an activating group) is 1. The van der Waals surface area contributed by atoms with E-state index in [1.807, 2.05) is 35.2 Å². The van der Waals surface area contributed by atoms with E-state index >= 15 is 0 Å². The smallest absolute Gasteiger partial charge is 0.258 e. The zero-order chi connectivity index (χ0) is 18.2. The van der Waals surface area contributed by atoms with Crippen molar-refractivity contribution in [3.8, 4) is 0 Å².